The number of cyclic esters (lactones) is 1. The Bertz CT molecular complexity index is 310. The molecule has 1 aromatic carbocycles. The van der Waals surface area contributed by atoms with Crippen LogP contribution in [0, 0.1) is 0 Å². The Hall–Kier alpha value is -1.35. The zero-order valence-electron chi connectivity index (χ0n) is 7.14. The van der Waals surface area contributed by atoms with E-state index in [2.05, 4.69) is 0 Å². The molecule has 0 radical (unpaired) electrons. The van der Waals surface area contributed by atoms with E-state index in [1.807, 2.05) is 30.3 Å². The topological polar surface area (TPSA) is 52.3 Å². The van der Waals surface area contributed by atoms with Crippen molar-refractivity contribution in [3.63, 3.8) is 0 Å². The number of nitrogens with two attached hydrogens (primary N) is 1. The zero-order valence-corrected chi connectivity index (χ0v) is 7.14. The summed E-state index contributed by atoms with van der Waals surface area (Å²) in [5, 5.41) is 0. The zero-order chi connectivity index (χ0) is 9.26. The molecule has 1 aliphatic rings. The highest BCUT2D eigenvalue weighted by atomic mass is 16.6. The van der Waals surface area contributed by atoms with E-state index in [-0.39, 0.29) is 18.1 Å². The van der Waals surface area contributed by atoms with Crippen molar-refractivity contribution in [3.8, 4) is 0 Å². The van der Waals surface area contributed by atoms with Crippen LogP contribution in [0.15, 0.2) is 30.3 Å². The van der Waals surface area contributed by atoms with Crippen LogP contribution in [0.1, 0.15) is 18.1 Å². The van der Waals surface area contributed by atoms with Crippen LogP contribution in [0.4, 0.5) is 0 Å². The molecule has 2 N–H and O–H groups in total. The molecule has 0 spiro atoms. The minimum absolute atomic E-state index is 0.199. The minimum Gasteiger partial charge on any atom is -0.456 e. The number of benzene rings is 1. The van der Waals surface area contributed by atoms with Crippen molar-refractivity contribution in [3.05, 3.63) is 35.9 Å². The molecular weight excluding hydrogens is 166 g/mol. The van der Waals surface area contributed by atoms with Crippen LogP contribution in [0.5, 0.6) is 0 Å². The minimum atomic E-state index is -0.256. The van der Waals surface area contributed by atoms with Crippen molar-refractivity contribution in [2.24, 2.45) is 5.73 Å². The van der Waals surface area contributed by atoms with Gasteiger partial charge in [-0.05, 0) is 5.56 Å². The highest BCUT2D eigenvalue weighted by Gasteiger charge is 2.32. The van der Waals surface area contributed by atoms with Gasteiger partial charge in [0.15, 0.2) is 0 Å². The average molecular weight is 177 g/mol. The molecule has 1 aliphatic heterocycles. The fraction of sp³-hybridized carbons (Fsp3) is 0.300. The lowest BCUT2D eigenvalue weighted by atomic mass is 10.0. The van der Waals surface area contributed by atoms with Crippen molar-refractivity contribution < 1.29 is 9.53 Å². The molecule has 1 fully saturated rings. The van der Waals surface area contributed by atoms with Crippen LogP contribution in [0.2, 0.25) is 0 Å². The Morgan fingerprint density at radius 1 is 1.31 bits per heavy atom. The number of rotatable bonds is 1. The van der Waals surface area contributed by atoms with Gasteiger partial charge in [-0.2, -0.15) is 0 Å². The van der Waals surface area contributed by atoms with Crippen LogP contribution >= 0.6 is 0 Å². The summed E-state index contributed by atoms with van der Waals surface area (Å²) in [7, 11) is 0. The summed E-state index contributed by atoms with van der Waals surface area (Å²) >= 11 is 0. The fourth-order valence-electron chi connectivity index (χ4n) is 1.53. The summed E-state index contributed by atoms with van der Waals surface area (Å²) in [5.41, 5.74) is 6.73. The molecule has 0 bridgehead atoms. The van der Waals surface area contributed by atoms with Crippen LogP contribution in [0.25, 0.3) is 0 Å². The maximum absolute atomic E-state index is 10.9. The van der Waals surface area contributed by atoms with E-state index < -0.39 is 0 Å². The number of hydrogen-bond donors (Lipinski definition) is 1. The summed E-state index contributed by atoms with van der Waals surface area (Å²) in [6.07, 6.45) is 0.0632. The number of ether oxygens (including phenoxy) is 1. The number of carbonyl (C=O) groups is 1. The predicted octanol–water partition coefficient (Wildman–Crippen LogP) is 1.00. The molecule has 3 nitrogen and oxygen atoms in total. The van der Waals surface area contributed by atoms with Gasteiger partial charge in [-0.1, -0.05) is 30.3 Å². The highest BCUT2D eigenvalue weighted by Crippen LogP contribution is 2.27. The van der Waals surface area contributed by atoms with Crippen LogP contribution < -0.4 is 5.73 Å². The van der Waals surface area contributed by atoms with E-state index in [1.54, 1.807) is 0 Å². The van der Waals surface area contributed by atoms with E-state index in [4.69, 9.17) is 10.5 Å². The lowest BCUT2D eigenvalue weighted by molar-refractivity contribution is -0.141. The smallest absolute Gasteiger partial charge is 0.308 e. The van der Waals surface area contributed by atoms with E-state index in [9.17, 15) is 4.79 Å². The van der Waals surface area contributed by atoms with Gasteiger partial charge in [-0.15, -0.1) is 0 Å². The second-order valence-electron chi connectivity index (χ2n) is 3.19. The standard InChI is InChI=1S/C10H11NO2/c11-8-6-9(12)13-10(8)7-4-2-1-3-5-7/h1-5,8,10H,6,11H2/t8-,10+/m0/s1. The fourth-order valence-corrected chi connectivity index (χ4v) is 1.53. The Morgan fingerprint density at radius 3 is 2.54 bits per heavy atom. The van der Waals surface area contributed by atoms with Crippen molar-refractivity contribution in [1.82, 2.24) is 0 Å². The molecule has 0 aliphatic carbocycles. The Morgan fingerprint density at radius 2 is 2.00 bits per heavy atom. The van der Waals surface area contributed by atoms with Crippen LogP contribution in [0.3, 0.4) is 0 Å². The number of esters is 1. The molecule has 1 saturated heterocycles. The summed E-state index contributed by atoms with van der Waals surface area (Å²) in [4.78, 5) is 10.9. The molecule has 3 heteroatoms. The molecule has 2 atom stereocenters. The van der Waals surface area contributed by atoms with Crippen molar-refractivity contribution >= 4 is 5.97 Å². The first-order valence-electron chi connectivity index (χ1n) is 4.27. The van der Waals surface area contributed by atoms with E-state index >= 15 is 0 Å². The second-order valence-corrected chi connectivity index (χ2v) is 3.19. The van der Waals surface area contributed by atoms with Gasteiger partial charge >= 0.3 is 5.97 Å². The SMILES string of the molecule is N[C@H]1CC(=O)O[C@@H]1c1ccccc1. The Kier molecular flexibility index (Phi) is 2.02. The summed E-state index contributed by atoms with van der Waals surface area (Å²) < 4.78 is 5.10. The highest BCUT2D eigenvalue weighted by molar-refractivity contribution is 5.73. The van der Waals surface area contributed by atoms with Gasteiger partial charge < -0.3 is 10.5 Å². The third-order valence-corrected chi connectivity index (χ3v) is 2.18. The molecule has 1 heterocycles. The third kappa shape index (κ3) is 1.55. The lowest BCUT2D eigenvalue weighted by Crippen LogP contribution is -2.23. The first-order chi connectivity index (χ1) is 6.27. The van der Waals surface area contributed by atoms with Gasteiger partial charge in [0.1, 0.15) is 6.10 Å². The van der Waals surface area contributed by atoms with E-state index in [1.165, 1.54) is 0 Å². The van der Waals surface area contributed by atoms with Gasteiger partial charge in [-0.3, -0.25) is 4.79 Å². The number of hydrogen-bond acceptors (Lipinski definition) is 3. The maximum Gasteiger partial charge on any atom is 0.308 e. The molecule has 0 aromatic heterocycles. The monoisotopic (exact) mass is 177 g/mol. The third-order valence-electron chi connectivity index (χ3n) is 2.18. The van der Waals surface area contributed by atoms with Crippen molar-refractivity contribution in [2.45, 2.75) is 18.6 Å². The normalized spacial score (nSPS) is 27.3. The molecule has 0 amide bonds. The van der Waals surface area contributed by atoms with E-state index in [0.29, 0.717) is 6.42 Å². The summed E-state index contributed by atoms with van der Waals surface area (Å²) in [6, 6.07) is 9.38. The first-order valence-corrected chi connectivity index (χ1v) is 4.27. The molecule has 0 saturated carbocycles. The molecule has 2 rings (SSSR count). The van der Waals surface area contributed by atoms with Crippen LogP contribution in [-0.2, 0) is 9.53 Å². The lowest BCUT2D eigenvalue weighted by Gasteiger charge is -2.13. The molecular formula is C10H11NO2. The van der Waals surface area contributed by atoms with Gasteiger partial charge in [0.25, 0.3) is 0 Å². The van der Waals surface area contributed by atoms with Gasteiger partial charge in [0.2, 0.25) is 0 Å². The molecule has 1 aromatic rings. The van der Waals surface area contributed by atoms with Gasteiger partial charge in [0.05, 0.1) is 12.5 Å². The van der Waals surface area contributed by atoms with Crippen molar-refractivity contribution in [1.29, 1.82) is 0 Å². The Labute approximate surface area is 76.5 Å². The van der Waals surface area contributed by atoms with Crippen molar-refractivity contribution in [2.75, 3.05) is 0 Å². The summed E-state index contributed by atoms with van der Waals surface area (Å²) in [5.74, 6) is -0.207. The van der Waals surface area contributed by atoms with Gasteiger partial charge in [-0.25, -0.2) is 0 Å². The quantitative estimate of drug-likeness (QED) is 0.651. The molecule has 13 heavy (non-hydrogen) atoms. The van der Waals surface area contributed by atoms with Gasteiger partial charge in [0, 0.05) is 0 Å². The Balaban J connectivity index is 2.23. The summed E-state index contributed by atoms with van der Waals surface area (Å²) in [6.45, 7) is 0. The average Bonchev–Trinajstić information content (AvgIpc) is 2.47. The molecule has 68 valence electrons. The predicted molar refractivity (Wildman–Crippen MR) is 47.9 cm³/mol. The maximum atomic E-state index is 10.9. The largest absolute Gasteiger partial charge is 0.456 e. The van der Waals surface area contributed by atoms with Crippen LogP contribution in [-0.4, -0.2) is 12.0 Å². The second kappa shape index (κ2) is 3.18. The first kappa shape index (κ1) is 8.26. The number of carbonyl (C=O) groups excluding carboxylic acids is 1. The molecule has 0 unspecified atom stereocenters. The van der Waals surface area contributed by atoms with E-state index in [0.717, 1.165) is 5.56 Å².